The van der Waals surface area contributed by atoms with Gasteiger partial charge in [-0.25, -0.2) is 9.18 Å². The lowest BCUT2D eigenvalue weighted by Crippen LogP contribution is -2.08. The summed E-state index contributed by atoms with van der Waals surface area (Å²) in [4.78, 5) is 21.6. The number of non-ortho nitro benzene ring substituents is 1. The first kappa shape index (κ1) is 12.7. The molecule has 5 nitrogen and oxygen atoms in total. The van der Waals surface area contributed by atoms with E-state index in [1.165, 1.54) is 42.5 Å². The van der Waals surface area contributed by atoms with Crippen molar-refractivity contribution >= 4 is 11.7 Å². The van der Waals surface area contributed by atoms with Crippen LogP contribution in [0.3, 0.4) is 0 Å². The molecular weight excluding hydrogens is 252 g/mol. The SMILES string of the molecule is O=C(Oc1ccc([N+](=O)[O-])cc1)c1cccc([18F])c1. The number of ether oxygens (including phenoxy) is 1. The Morgan fingerprint density at radius 3 is 2.42 bits per heavy atom. The monoisotopic (exact) mass is 260 g/mol. The molecular formula is C13H8FNO4. The summed E-state index contributed by atoms with van der Waals surface area (Å²) in [6.45, 7) is 0. The minimum absolute atomic E-state index is 0.0679. The number of carbonyl (C=O) groups excluding carboxylic acids is 1. The van der Waals surface area contributed by atoms with Crippen molar-refractivity contribution in [1.82, 2.24) is 0 Å². The fourth-order valence-corrected chi connectivity index (χ4v) is 1.42. The molecule has 6 heteroatoms. The molecule has 19 heavy (non-hydrogen) atoms. The highest BCUT2D eigenvalue weighted by Gasteiger charge is 2.10. The van der Waals surface area contributed by atoms with Gasteiger partial charge in [-0.2, -0.15) is 0 Å². The minimum atomic E-state index is -0.728. The van der Waals surface area contributed by atoms with Crippen LogP contribution in [0.1, 0.15) is 10.4 Å². The molecule has 0 spiro atoms. The predicted octanol–water partition coefficient (Wildman–Crippen LogP) is 2.95. The molecule has 2 aromatic carbocycles. The zero-order chi connectivity index (χ0) is 13.8. The Labute approximate surface area is 107 Å². The number of hydrogen-bond acceptors (Lipinski definition) is 4. The van der Waals surface area contributed by atoms with Gasteiger partial charge in [0, 0.05) is 12.1 Å². The van der Waals surface area contributed by atoms with Gasteiger partial charge in [-0.05, 0) is 30.3 Å². The second kappa shape index (κ2) is 5.26. The van der Waals surface area contributed by atoms with Crippen LogP contribution in [0.15, 0.2) is 48.5 Å². The second-order valence-electron chi connectivity index (χ2n) is 3.65. The summed E-state index contributed by atoms with van der Waals surface area (Å²) in [7, 11) is 0. The summed E-state index contributed by atoms with van der Waals surface area (Å²) < 4.78 is 17.9. The molecule has 0 N–H and O–H groups in total. The first-order valence-corrected chi connectivity index (χ1v) is 5.28. The normalized spacial score (nSPS) is 9.95. The average Bonchev–Trinajstić information content (AvgIpc) is 2.39. The molecule has 2 rings (SSSR count). The third kappa shape index (κ3) is 3.12. The molecule has 0 atom stereocenters. The molecule has 0 aliphatic carbocycles. The van der Waals surface area contributed by atoms with Crippen LogP contribution in [0.4, 0.5) is 10.1 Å². The maximum Gasteiger partial charge on any atom is 0.343 e. The van der Waals surface area contributed by atoms with Crippen LogP contribution in [-0.2, 0) is 0 Å². The zero-order valence-electron chi connectivity index (χ0n) is 9.58. The second-order valence-corrected chi connectivity index (χ2v) is 3.65. The maximum atomic E-state index is 12.9. The van der Waals surface area contributed by atoms with Crippen LogP contribution in [0.5, 0.6) is 5.75 Å². The number of rotatable bonds is 3. The lowest BCUT2D eigenvalue weighted by molar-refractivity contribution is -0.384. The molecule has 0 bridgehead atoms. The Morgan fingerprint density at radius 1 is 1.16 bits per heavy atom. The average molecular weight is 260 g/mol. The number of esters is 1. The van der Waals surface area contributed by atoms with Crippen LogP contribution in [0.25, 0.3) is 0 Å². The molecule has 0 saturated heterocycles. The van der Waals surface area contributed by atoms with Crippen molar-refractivity contribution in [3.8, 4) is 5.75 Å². The van der Waals surface area contributed by atoms with Crippen LogP contribution >= 0.6 is 0 Å². The highest BCUT2D eigenvalue weighted by Crippen LogP contribution is 2.18. The molecule has 0 fully saturated rings. The number of nitro benzene ring substituents is 1. The van der Waals surface area contributed by atoms with E-state index in [0.717, 1.165) is 6.07 Å². The minimum Gasteiger partial charge on any atom is -0.423 e. The van der Waals surface area contributed by atoms with E-state index in [-0.39, 0.29) is 17.0 Å². The van der Waals surface area contributed by atoms with Gasteiger partial charge >= 0.3 is 5.97 Å². The number of benzene rings is 2. The lowest BCUT2D eigenvalue weighted by atomic mass is 10.2. The van der Waals surface area contributed by atoms with E-state index in [0.29, 0.717) is 0 Å². The third-order valence-electron chi connectivity index (χ3n) is 2.32. The summed E-state index contributed by atoms with van der Waals surface area (Å²) in [5.41, 5.74) is -0.0380. The standard InChI is InChI=1S/C13H8FNO4/c14-10-3-1-2-9(8-10)13(16)19-12-6-4-11(5-7-12)15(17)18/h1-8H/i14-1. The molecule has 96 valence electrons. The molecule has 0 saturated carbocycles. The molecule has 0 amide bonds. The Balaban J connectivity index is 2.13. The van der Waals surface area contributed by atoms with Crippen molar-refractivity contribution in [1.29, 1.82) is 0 Å². The van der Waals surface area contributed by atoms with Crippen LogP contribution in [-0.4, -0.2) is 10.9 Å². The topological polar surface area (TPSA) is 69.4 Å². The van der Waals surface area contributed by atoms with Crippen LogP contribution in [0.2, 0.25) is 0 Å². The highest BCUT2D eigenvalue weighted by atomic mass is 18.2. The van der Waals surface area contributed by atoms with Crippen molar-refractivity contribution in [2.24, 2.45) is 0 Å². The van der Waals surface area contributed by atoms with Gasteiger partial charge in [-0.3, -0.25) is 10.1 Å². The Hall–Kier alpha value is -2.76. The van der Waals surface area contributed by atoms with Gasteiger partial charge in [-0.1, -0.05) is 6.07 Å². The van der Waals surface area contributed by atoms with Crippen molar-refractivity contribution in [2.45, 2.75) is 0 Å². The fraction of sp³-hybridized carbons (Fsp3) is 0. The molecule has 2 aromatic rings. The van der Waals surface area contributed by atoms with Gasteiger partial charge in [0.05, 0.1) is 10.5 Å². The first-order chi connectivity index (χ1) is 9.06. The number of carbonyl (C=O) groups is 1. The van der Waals surface area contributed by atoms with E-state index in [1.807, 2.05) is 0 Å². The number of halogens is 1. The largest absolute Gasteiger partial charge is 0.423 e. The van der Waals surface area contributed by atoms with E-state index in [4.69, 9.17) is 4.74 Å². The van der Waals surface area contributed by atoms with E-state index in [2.05, 4.69) is 0 Å². The number of hydrogen-bond donors (Lipinski definition) is 0. The quantitative estimate of drug-likeness (QED) is 0.368. The van der Waals surface area contributed by atoms with Gasteiger partial charge in [0.2, 0.25) is 0 Å². The van der Waals surface area contributed by atoms with E-state index in [1.54, 1.807) is 0 Å². The Kier molecular flexibility index (Phi) is 3.51. The molecule has 0 aliphatic heterocycles. The smallest absolute Gasteiger partial charge is 0.343 e. The highest BCUT2D eigenvalue weighted by molar-refractivity contribution is 5.91. The first-order valence-electron chi connectivity index (χ1n) is 5.28. The van der Waals surface area contributed by atoms with Crippen LogP contribution < -0.4 is 4.74 Å². The summed E-state index contributed by atoms with van der Waals surface area (Å²) in [6.07, 6.45) is 0. The van der Waals surface area contributed by atoms with E-state index >= 15 is 0 Å². The zero-order valence-corrected chi connectivity index (χ0v) is 9.58. The molecule has 0 radical (unpaired) electrons. The van der Waals surface area contributed by atoms with E-state index < -0.39 is 16.7 Å². The van der Waals surface area contributed by atoms with Crippen molar-refractivity contribution < 1.29 is 18.8 Å². The summed E-state index contributed by atoms with van der Waals surface area (Å²) >= 11 is 0. The van der Waals surface area contributed by atoms with E-state index in [9.17, 15) is 19.3 Å². The Bertz CT molecular complexity index is 625. The molecule has 0 unspecified atom stereocenters. The third-order valence-corrected chi connectivity index (χ3v) is 2.32. The molecule has 0 aliphatic rings. The summed E-state index contributed by atoms with van der Waals surface area (Å²) in [5, 5.41) is 10.4. The molecule has 0 heterocycles. The van der Waals surface area contributed by atoms with Crippen molar-refractivity contribution in [3.63, 3.8) is 0 Å². The summed E-state index contributed by atoms with van der Waals surface area (Å²) in [6, 6.07) is 10.1. The fourth-order valence-electron chi connectivity index (χ4n) is 1.42. The number of nitro groups is 1. The van der Waals surface area contributed by atoms with Gasteiger partial charge < -0.3 is 4.74 Å². The maximum absolute atomic E-state index is 12.9. The van der Waals surface area contributed by atoms with Crippen LogP contribution in [0, 0.1) is 15.9 Å². The van der Waals surface area contributed by atoms with Gasteiger partial charge in [0.15, 0.2) is 0 Å². The van der Waals surface area contributed by atoms with Crippen molar-refractivity contribution in [2.75, 3.05) is 0 Å². The molecule has 0 aromatic heterocycles. The Morgan fingerprint density at radius 2 is 1.84 bits per heavy atom. The summed E-state index contributed by atoms with van der Waals surface area (Å²) in [5.74, 6) is -1.12. The lowest BCUT2D eigenvalue weighted by Gasteiger charge is -2.03. The van der Waals surface area contributed by atoms with Gasteiger partial charge in [0.1, 0.15) is 11.6 Å². The van der Waals surface area contributed by atoms with Crippen molar-refractivity contribution in [3.05, 3.63) is 70.0 Å². The predicted molar refractivity (Wildman–Crippen MR) is 64.5 cm³/mol. The number of nitrogens with zero attached hydrogens (tertiary/aromatic N) is 1. The van der Waals surface area contributed by atoms with Gasteiger partial charge in [0.25, 0.3) is 5.69 Å². The van der Waals surface area contributed by atoms with Gasteiger partial charge in [-0.15, -0.1) is 0 Å².